The number of carboxylic acid groups (broad SMARTS) is 1. The number of carboxylic acids is 1. The van der Waals surface area contributed by atoms with Crippen molar-refractivity contribution in [3.8, 4) is 6.07 Å². The van der Waals surface area contributed by atoms with E-state index in [0.29, 0.717) is 17.1 Å². The second-order valence-corrected chi connectivity index (χ2v) is 4.21. The van der Waals surface area contributed by atoms with Crippen molar-refractivity contribution in [3.05, 3.63) is 35.1 Å². The highest BCUT2D eigenvalue weighted by Crippen LogP contribution is 2.17. The van der Waals surface area contributed by atoms with Crippen LogP contribution < -0.4 is 0 Å². The maximum absolute atomic E-state index is 12.8. The maximum atomic E-state index is 12.8. The van der Waals surface area contributed by atoms with Crippen molar-refractivity contribution in [2.45, 2.75) is 12.2 Å². The van der Waals surface area contributed by atoms with E-state index in [1.807, 2.05) is 6.07 Å². The van der Waals surface area contributed by atoms with E-state index in [4.69, 9.17) is 10.4 Å². The van der Waals surface area contributed by atoms with Gasteiger partial charge in [-0.15, -0.1) is 0 Å². The molecule has 0 aliphatic carbocycles. The number of rotatable bonds is 5. The molecule has 0 aliphatic rings. The van der Waals surface area contributed by atoms with Crippen molar-refractivity contribution in [2.75, 3.05) is 5.75 Å². The van der Waals surface area contributed by atoms with Crippen LogP contribution in [0.2, 0.25) is 0 Å². The van der Waals surface area contributed by atoms with Crippen LogP contribution in [0.4, 0.5) is 4.39 Å². The predicted molar refractivity (Wildman–Crippen MR) is 59.5 cm³/mol. The van der Waals surface area contributed by atoms with Crippen LogP contribution in [-0.2, 0) is 10.5 Å². The molecule has 1 aromatic carbocycles. The number of carbonyl (C=O) groups is 1. The summed E-state index contributed by atoms with van der Waals surface area (Å²) in [5.41, 5.74) is 1.04. The van der Waals surface area contributed by atoms with Crippen LogP contribution in [0, 0.1) is 17.1 Å². The normalized spacial score (nSPS) is 9.75. The fourth-order valence-electron chi connectivity index (χ4n) is 1.12. The van der Waals surface area contributed by atoms with E-state index in [2.05, 4.69) is 0 Å². The van der Waals surface area contributed by atoms with Gasteiger partial charge in [0.2, 0.25) is 0 Å². The number of thioether (sulfide) groups is 1. The molecular weight excluding hydrogens is 229 g/mol. The van der Waals surface area contributed by atoms with Crippen LogP contribution in [0.15, 0.2) is 18.2 Å². The number of hydrogen-bond acceptors (Lipinski definition) is 3. The van der Waals surface area contributed by atoms with Gasteiger partial charge in [0.25, 0.3) is 0 Å². The van der Waals surface area contributed by atoms with Gasteiger partial charge >= 0.3 is 5.97 Å². The van der Waals surface area contributed by atoms with Crippen molar-refractivity contribution in [2.24, 2.45) is 0 Å². The van der Waals surface area contributed by atoms with Crippen LogP contribution in [0.25, 0.3) is 0 Å². The lowest BCUT2D eigenvalue weighted by molar-refractivity contribution is -0.136. The molecule has 0 saturated carbocycles. The van der Waals surface area contributed by atoms with Gasteiger partial charge in [0.15, 0.2) is 0 Å². The Morgan fingerprint density at radius 2 is 2.31 bits per heavy atom. The average Bonchev–Trinajstić information content (AvgIpc) is 2.25. The van der Waals surface area contributed by atoms with Crippen molar-refractivity contribution in [3.63, 3.8) is 0 Å². The Labute approximate surface area is 96.9 Å². The van der Waals surface area contributed by atoms with Gasteiger partial charge in [-0.2, -0.15) is 17.0 Å². The summed E-state index contributed by atoms with van der Waals surface area (Å²) in [5.74, 6) is -0.267. The van der Waals surface area contributed by atoms with E-state index in [0.717, 1.165) is 5.56 Å². The lowest BCUT2D eigenvalue weighted by Gasteiger charge is -2.03. The van der Waals surface area contributed by atoms with Crippen LogP contribution in [0.1, 0.15) is 17.5 Å². The first kappa shape index (κ1) is 12.5. The van der Waals surface area contributed by atoms with Crippen LogP contribution >= 0.6 is 11.8 Å². The monoisotopic (exact) mass is 239 g/mol. The Kier molecular flexibility index (Phi) is 4.80. The fourth-order valence-corrected chi connectivity index (χ4v) is 2.06. The van der Waals surface area contributed by atoms with Gasteiger partial charge in [-0.05, 0) is 17.7 Å². The third-order valence-corrected chi connectivity index (χ3v) is 2.92. The molecular formula is C11H10FNO2S. The summed E-state index contributed by atoms with van der Waals surface area (Å²) >= 11 is 1.42. The Balaban J connectivity index is 2.54. The van der Waals surface area contributed by atoms with Crippen molar-refractivity contribution >= 4 is 17.7 Å². The number of nitrogens with zero attached hydrogens (tertiary/aromatic N) is 1. The fraction of sp³-hybridized carbons (Fsp3) is 0.273. The van der Waals surface area contributed by atoms with E-state index in [1.165, 1.54) is 23.9 Å². The first-order valence-corrected chi connectivity index (χ1v) is 5.77. The smallest absolute Gasteiger partial charge is 0.304 e. The summed E-state index contributed by atoms with van der Waals surface area (Å²) in [6.07, 6.45) is 0.0910. The van der Waals surface area contributed by atoms with E-state index in [1.54, 1.807) is 6.07 Å². The first-order chi connectivity index (χ1) is 7.63. The van der Waals surface area contributed by atoms with Gasteiger partial charge in [-0.3, -0.25) is 4.79 Å². The first-order valence-electron chi connectivity index (χ1n) is 4.61. The Morgan fingerprint density at radius 3 is 2.94 bits per heavy atom. The van der Waals surface area contributed by atoms with Gasteiger partial charge in [0.1, 0.15) is 5.82 Å². The molecule has 0 saturated heterocycles. The highest BCUT2D eigenvalue weighted by molar-refractivity contribution is 7.98. The highest BCUT2D eigenvalue weighted by atomic mass is 32.2. The molecule has 0 heterocycles. The van der Waals surface area contributed by atoms with Gasteiger partial charge in [0.05, 0.1) is 18.1 Å². The summed E-state index contributed by atoms with van der Waals surface area (Å²) in [5, 5.41) is 17.2. The summed E-state index contributed by atoms with van der Waals surface area (Å²) in [6, 6.07) is 5.96. The molecule has 0 amide bonds. The molecule has 0 aliphatic heterocycles. The predicted octanol–water partition coefficient (Wildman–Crippen LogP) is 2.41. The molecule has 0 fully saturated rings. The van der Waals surface area contributed by atoms with Crippen molar-refractivity contribution < 1.29 is 14.3 Å². The molecule has 1 aromatic rings. The average molecular weight is 239 g/mol. The molecule has 5 heteroatoms. The standard InChI is InChI=1S/C11H10FNO2S/c12-10-2-1-8(9(5-10)6-13)7-16-4-3-11(14)15/h1-2,5H,3-4,7H2,(H,14,15). The zero-order chi connectivity index (χ0) is 12.0. The molecule has 3 nitrogen and oxygen atoms in total. The van der Waals surface area contributed by atoms with Crippen molar-refractivity contribution in [1.29, 1.82) is 5.26 Å². The van der Waals surface area contributed by atoms with Crippen LogP contribution in [0.3, 0.4) is 0 Å². The molecule has 0 spiro atoms. The molecule has 1 rings (SSSR count). The summed E-state index contributed by atoms with van der Waals surface area (Å²) < 4.78 is 12.8. The second kappa shape index (κ2) is 6.13. The molecule has 0 unspecified atom stereocenters. The van der Waals surface area contributed by atoms with E-state index in [-0.39, 0.29) is 6.42 Å². The van der Waals surface area contributed by atoms with E-state index >= 15 is 0 Å². The molecule has 1 N–H and O–H groups in total. The Bertz CT molecular complexity index is 428. The minimum Gasteiger partial charge on any atom is -0.481 e. The molecule has 0 radical (unpaired) electrons. The lowest BCUT2D eigenvalue weighted by atomic mass is 10.1. The lowest BCUT2D eigenvalue weighted by Crippen LogP contribution is -1.97. The quantitative estimate of drug-likeness (QED) is 0.801. The summed E-state index contributed by atoms with van der Waals surface area (Å²) in [6.45, 7) is 0. The molecule has 0 atom stereocenters. The van der Waals surface area contributed by atoms with Gasteiger partial charge < -0.3 is 5.11 Å². The van der Waals surface area contributed by atoms with E-state index in [9.17, 15) is 9.18 Å². The van der Waals surface area contributed by atoms with Gasteiger partial charge in [-0.1, -0.05) is 6.07 Å². The van der Waals surface area contributed by atoms with Gasteiger partial charge in [0, 0.05) is 11.5 Å². The number of nitriles is 1. The minimum absolute atomic E-state index is 0.0910. The molecule has 84 valence electrons. The molecule has 0 aromatic heterocycles. The zero-order valence-electron chi connectivity index (χ0n) is 8.44. The Hall–Kier alpha value is -1.54. The topological polar surface area (TPSA) is 61.1 Å². The molecule has 16 heavy (non-hydrogen) atoms. The zero-order valence-corrected chi connectivity index (χ0v) is 9.26. The summed E-state index contributed by atoms with van der Waals surface area (Å²) in [4.78, 5) is 10.3. The summed E-state index contributed by atoms with van der Waals surface area (Å²) in [7, 11) is 0. The second-order valence-electron chi connectivity index (χ2n) is 3.11. The van der Waals surface area contributed by atoms with E-state index < -0.39 is 11.8 Å². The number of hydrogen-bond donors (Lipinski definition) is 1. The van der Waals surface area contributed by atoms with Crippen LogP contribution in [-0.4, -0.2) is 16.8 Å². The third kappa shape index (κ3) is 3.91. The number of aliphatic carboxylic acids is 1. The molecule has 0 bridgehead atoms. The largest absolute Gasteiger partial charge is 0.481 e. The maximum Gasteiger partial charge on any atom is 0.304 e. The van der Waals surface area contributed by atoms with Crippen molar-refractivity contribution in [1.82, 2.24) is 0 Å². The highest BCUT2D eigenvalue weighted by Gasteiger charge is 2.04. The minimum atomic E-state index is -0.841. The van der Waals surface area contributed by atoms with Gasteiger partial charge in [-0.25, -0.2) is 4.39 Å². The Morgan fingerprint density at radius 1 is 1.56 bits per heavy atom. The number of benzene rings is 1. The third-order valence-electron chi connectivity index (χ3n) is 1.91. The van der Waals surface area contributed by atoms with Crippen LogP contribution in [0.5, 0.6) is 0 Å². The number of halogens is 1. The SMILES string of the molecule is N#Cc1cc(F)ccc1CSCCC(=O)O.